The van der Waals surface area contributed by atoms with Crippen LogP contribution in [0.3, 0.4) is 0 Å². The van der Waals surface area contributed by atoms with Crippen molar-refractivity contribution in [2.75, 3.05) is 6.61 Å². The molecule has 0 amide bonds. The van der Waals surface area contributed by atoms with Crippen molar-refractivity contribution < 1.29 is 13.9 Å². The number of aromatic nitrogens is 1. The zero-order valence-corrected chi connectivity index (χ0v) is 10.9. The van der Waals surface area contributed by atoms with E-state index in [1.165, 1.54) is 23.9 Å². The van der Waals surface area contributed by atoms with E-state index in [-0.39, 0.29) is 17.9 Å². The second-order valence-corrected chi connectivity index (χ2v) is 4.80. The number of halogens is 1. The lowest BCUT2D eigenvalue weighted by Crippen LogP contribution is -2.06. The summed E-state index contributed by atoms with van der Waals surface area (Å²) in [6, 6.07) is 8.68. The van der Waals surface area contributed by atoms with Crippen LogP contribution in [-0.2, 0) is 12.8 Å². The van der Waals surface area contributed by atoms with Gasteiger partial charge in [-0.2, -0.15) is 0 Å². The molecule has 2 heterocycles. The second kappa shape index (κ2) is 5.41. The van der Waals surface area contributed by atoms with Gasteiger partial charge in [-0.3, -0.25) is 9.78 Å². The smallest absolute Gasteiger partial charge is 0.184 e. The summed E-state index contributed by atoms with van der Waals surface area (Å²) in [7, 11) is 0. The molecule has 0 saturated carbocycles. The third kappa shape index (κ3) is 2.54. The van der Waals surface area contributed by atoms with Crippen LogP contribution in [0.5, 0.6) is 5.75 Å². The number of carbonyl (C=O) groups is 1. The molecule has 0 N–H and O–H groups in total. The molecule has 2 aromatic rings. The molecular formula is C16H14FNO2. The van der Waals surface area contributed by atoms with Gasteiger partial charge in [0, 0.05) is 19.0 Å². The van der Waals surface area contributed by atoms with Gasteiger partial charge in [0.1, 0.15) is 11.4 Å². The first-order chi connectivity index (χ1) is 9.74. The van der Waals surface area contributed by atoms with Crippen LogP contribution < -0.4 is 4.74 Å². The summed E-state index contributed by atoms with van der Waals surface area (Å²) >= 11 is 0. The van der Waals surface area contributed by atoms with Crippen molar-refractivity contribution in [1.29, 1.82) is 0 Å². The van der Waals surface area contributed by atoms with E-state index in [1.807, 2.05) is 12.1 Å². The zero-order chi connectivity index (χ0) is 13.9. The SMILES string of the molecule is O=C(CCc1ccc2c(c1)CCO2)c1ncccc1F. The van der Waals surface area contributed by atoms with Gasteiger partial charge in [0.25, 0.3) is 0 Å². The van der Waals surface area contributed by atoms with Gasteiger partial charge in [-0.1, -0.05) is 12.1 Å². The quantitative estimate of drug-likeness (QED) is 0.802. The largest absolute Gasteiger partial charge is 0.493 e. The van der Waals surface area contributed by atoms with Crippen molar-refractivity contribution in [1.82, 2.24) is 4.98 Å². The number of hydrogen-bond donors (Lipinski definition) is 0. The molecule has 1 aliphatic rings. The lowest BCUT2D eigenvalue weighted by atomic mass is 10.0. The average Bonchev–Trinajstić information content (AvgIpc) is 2.92. The second-order valence-electron chi connectivity index (χ2n) is 4.80. The molecule has 0 aliphatic carbocycles. The Bertz CT molecular complexity index is 655. The van der Waals surface area contributed by atoms with Crippen LogP contribution in [0.2, 0.25) is 0 Å². The van der Waals surface area contributed by atoms with E-state index >= 15 is 0 Å². The molecule has 0 unspecified atom stereocenters. The fraction of sp³-hybridized carbons (Fsp3) is 0.250. The highest BCUT2D eigenvalue weighted by Crippen LogP contribution is 2.26. The number of fused-ring (bicyclic) bond motifs is 1. The number of benzene rings is 1. The Morgan fingerprint density at radius 3 is 3.10 bits per heavy atom. The molecule has 4 heteroatoms. The first kappa shape index (κ1) is 12.8. The maximum atomic E-state index is 13.4. The van der Waals surface area contributed by atoms with E-state index in [1.54, 1.807) is 0 Å². The summed E-state index contributed by atoms with van der Waals surface area (Å²) in [6.07, 6.45) is 3.19. The Morgan fingerprint density at radius 1 is 1.35 bits per heavy atom. The standard InChI is InChI=1S/C16H14FNO2/c17-13-2-1-8-18-16(13)14(19)5-3-11-4-6-15-12(10-11)7-9-20-15/h1-2,4,6,8,10H,3,5,7,9H2. The van der Waals surface area contributed by atoms with Crippen LogP contribution in [0.25, 0.3) is 0 Å². The third-order valence-corrected chi connectivity index (χ3v) is 3.42. The number of aryl methyl sites for hydroxylation is 1. The van der Waals surface area contributed by atoms with Crippen LogP contribution in [0.4, 0.5) is 4.39 Å². The molecule has 20 heavy (non-hydrogen) atoms. The Kier molecular flexibility index (Phi) is 3.46. The molecule has 3 rings (SSSR count). The van der Waals surface area contributed by atoms with Crippen molar-refractivity contribution in [3.8, 4) is 5.75 Å². The predicted molar refractivity (Wildman–Crippen MR) is 72.5 cm³/mol. The minimum Gasteiger partial charge on any atom is -0.493 e. The highest BCUT2D eigenvalue weighted by molar-refractivity contribution is 5.94. The van der Waals surface area contributed by atoms with Crippen molar-refractivity contribution in [2.24, 2.45) is 0 Å². The van der Waals surface area contributed by atoms with Crippen molar-refractivity contribution in [3.05, 3.63) is 59.2 Å². The van der Waals surface area contributed by atoms with E-state index in [4.69, 9.17) is 4.74 Å². The molecule has 0 fully saturated rings. The number of hydrogen-bond acceptors (Lipinski definition) is 3. The molecule has 3 nitrogen and oxygen atoms in total. The lowest BCUT2D eigenvalue weighted by Gasteiger charge is -2.04. The minimum atomic E-state index is -0.556. The van der Waals surface area contributed by atoms with E-state index in [0.29, 0.717) is 6.42 Å². The Labute approximate surface area is 116 Å². The van der Waals surface area contributed by atoms with Crippen LogP contribution in [-0.4, -0.2) is 17.4 Å². The topological polar surface area (TPSA) is 39.2 Å². The monoisotopic (exact) mass is 271 g/mol. The molecule has 0 saturated heterocycles. The third-order valence-electron chi connectivity index (χ3n) is 3.42. The van der Waals surface area contributed by atoms with Gasteiger partial charge < -0.3 is 4.74 Å². The molecule has 0 radical (unpaired) electrons. The molecule has 0 spiro atoms. The number of Topliss-reactive ketones (excluding diaryl/α,β-unsaturated/α-hetero) is 1. The van der Waals surface area contributed by atoms with Gasteiger partial charge in [0.05, 0.1) is 6.61 Å². The molecule has 0 atom stereocenters. The van der Waals surface area contributed by atoms with Crippen molar-refractivity contribution >= 4 is 5.78 Å². The summed E-state index contributed by atoms with van der Waals surface area (Å²) in [6.45, 7) is 0.719. The summed E-state index contributed by atoms with van der Waals surface area (Å²) in [5.74, 6) is 0.107. The summed E-state index contributed by atoms with van der Waals surface area (Å²) in [5, 5.41) is 0. The number of nitrogens with zero attached hydrogens (tertiary/aromatic N) is 1. The summed E-state index contributed by atoms with van der Waals surface area (Å²) in [4.78, 5) is 15.7. The number of ketones is 1. The molecule has 1 aliphatic heterocycles. The fourth-order valence-corrected chi connectivity index (χ4v) is 2.36. The van der Waals surface area contributed by atoms with Crippen LogP contribution in [0, 0.1) is 5.82 Å². The number of carbonyl (C=O) groups excluding carboxylic acids is 1. The summed E-state index contributed by atoms with van der Waals surface area (Å²) in [5.41, 5.74) is 2.18. The maximum absolute atomic E-state index is 13.4. The Hall–Kier alpha value is -2.23. The van der Waals surface area contributed by atoms with Gasteiger partial charge in [0.2, 0.25) is 0 Å². The first-order valence-corrected chi connectivity index (χ1v) is 6.62. The molecule has 1 aromatic heterocycles. The van der Waals surface area contributed by atoms with E-state index in [9.17, 15) is 9.18 Å². The lowest BCUT2D eigenvalue weighted by molar-refractivity contribution is 0.0973. The molecule has 0 bridgehead atoms. The van der Waals surface area contributed by atoms with Gasteiger partial charge >= 0.3 is 0 Å². The number of pyridine rings is 1. The van der Waals surface area contributed by atoms with E-state index in [2.05, 4.69) is 11.1 Å². The Morgan fingerprint density at radius 2 is 2.25 bits per heavy atom. The predicted octanol–water partition coefficient (Wildman–Crippen LogP) is 2.97. The van der Waals surface area contributed by atoms with Gasteiger partial charge in [-0.25, -0.2) is 4.39 Å². The molecule has 1 aromatic carbocycles. The van der Waals surface area contributed by atoms with Crippen molar-refractivity contribution in [2.45, 2.75) is 19.3 Å². The normalized spacial score (nSPS) is 12.8. The van der Waals surface area contributed by atoms with Gasteiger partial charge in [-0.15, -0.1) is 0 Å². The number of rotatable bonds is 4. The minimum absolute atomic E-state index is 0.0722. The number of ether oxygens (including phenoxy) is 1. The van der Waals surface area contributed by atoms with Gasteiger partial charge in [0.15, 0.2) is 11.6 Å². The highest BCUT2D eigenvalue weighted by atomic mass is 19.1. The van der Waals surface area contributed by atoms with Gasteiger partial charge in [-0.05, 0) is 35.7 Å². The van der Waals surface area contributed by atoms with Crippen LogP contribution in [0.1, 0.15) is 28.0 Å². The molecular weight excluding hydrogens is 257 g/mol. The molecule has 102 valence electrons. The van der Waals surface area contributed by atoms with E-state index in [0.717, 1.165) is 24.3 Å². The van der Waals surface area contributed by atoms with Crippen LogP contribution >= 0.6 is 0 Å². The summed E-state index contributed by atoms with van der Waals surface area (Å²) < 4.78 is 18.9. The van der Waals surface area contributed by atoms with Crippen LogP contribution in [0.15, 0.2) is 36.5 Å². The first-order valence-electron chi connectivity index (χ1n) is 6.62. The zero-order valence-electron chi connectivity index (χ0n) is 10.9. The maximum Gasteiger partial charge on any atom is 0.184 e. The van der Waals surface area contributed by atoms with Crippen molar-refractivity contribution in [3.63, 3.8) is 0 Å². The highest BCUT2D eigenvalue weighted by Gasteiger charge is 2.15. The Balaban J connectivity index is 1.68. The average molecular weight is 271 g/mol. The fourth-order valence-electron chi connectivity index (χ4n) is 2.36. The van der Waals surface area contributed by atoms with E-state index < -0.39 is 5.82 Å².